The smallest absolute Gasteiger partial charge is 0.220 e. The molecule has 2 fully saturated rings. The Hall–Kier alpha value is -0.570. The summed E-state index contributed by atoms with van der Waals surface area (Å²) in [5.74, 6) is 1.76. The average Bonchev–Trinajstić information content (AvgIpc) is 2.90. The minimum absolute atomic E-state index is 0.271. The van der Waals surface area contributed by atoms with Crippen molar-refractivity contribution in [2.24, 2.45) is 11.8 Å². The molecule has 1 saturated carbocycles. The normalized spacial score (nSPS) is 24.1. The Morgan fingerprint density at radius 1 is 1.22 bits per heavy atom. The molecule has 0 aromatic rings. The van der Waals surface area contributed by atoms with E-state index in [9.17, 15) is 4.79 Å². The van der Waals surface area contributed by atoms with E-state index in [1.807, 2.05) is 0 Å². The first kappa shape index (κ1) is 13.9. The molecule has 1 aliphatic heterocycles. The quantitative estimate of drug-likeness (QED) is 0.789. The van der Waals surface area contributed by atoms with Crippen LogP contribution < -0.4 is 10.6 Å². The maximum absolute atomic E-state index is 11.9. The molecule has 1 unspecified atom stereocenters. The number of rotatable bonds is 5. The summed E-state index contributed by atoms with van der Waals surface area (Å²) in [4.78, 5) is 11.9. The fourth-order valence-electron chi connectivity index (χ4n) is 3.42. The van der Waals surface area contributed by atoms with Crippen LogP contribution in [0.25, 0.3) is 0 Å². The van der Waals surface area contributed by atoms with Crippen LogP contribution in [0.15, 0.2) is 0 Å². The summed E-state index contributed by atoms with van der Waals surface area (Å²) in [7, 11) is 0. The van der Waals surface area contributed by atoms with Crippen LogP contribution in [0.2, 0.25) is 0 Å². The van der Waals surface area contributed by atoms with Crippen LogP contribution in [0.4, 0.5) is 0 Å². The largest absolute Gasteiger partial charge is 0.353 e. The molecule has 3 heteroatoms. The van der Waals surface area contributed by atoms with Crippen molar-refractivity contribution >= 4 is 5.91 Å². The minimum Gasteiger partial charge on any atom is -0.353 e. The van der Waals surface area contributed by atoms with E-state index in [1.54, 1.807) is 0 Å². The van der Waals surface area contributed by atoms with Gasteiger partial charge in [-0.1, -0.05) is 25.7 Å². The van der Waals surface area contributed by atoms with Crippen LogP contribution in [-0.2, 0) is 4.79 Å². The molecule has 2 N–H and O–H groups in total. The molecular weight excluding hydrogens is 224 g/mol. The third kappa shape index (κ3) is 4.27. The van der Waals surface area contributed by atoms with Gasteiger partial charge in [0.2, 0.25) is 5.91 Å². The molecule has 1 aliphatic carbocycles. The minimum atomic E-state index is 0.271. The molecule has 3 nitrogen and oxygen atoms in total. The maximum atomic E-state index is 11.9. The van der Waals surface area contributed by atoms with Gasteiger partial charge in [-0.2, -0.15) is 0 Å². The summed E-state index contributed by atoms with van der Waals surface area (Å²) in [6, 6.07) is 0.350. The molecule has 1 saturated heterocycles. The van der Waals surface area contributed by atoms with Crippen molar-refractivity contribution in [2.75, 3.05) is 13.1 Å². The number of piperidine rings is 1. The van der Waals surface area contributed by atoms with Gasteiger partial charge in [-0.25, -0.2) is 0 Å². The van der Waals surface area contributed by atoms with Gasteiger partial charge >= 0.3 is 0 Å². The monoisotopic (exact) mass is 252 g/mol. The van der Waals surface area contributed by atoms with Gasteiger partial charge in [0.1, 0.15) is 0 Å². The predicted octanol–water partition coefficient (Wildman–Crippen LogP) is 2.46. The van der Waals surface area contributed by atoms with Crippen molar-refractivity contribution in [3.8, 4) is 0 Å². The second kappa shape index (κ2) is 7.13. The molecule has 0 bridgehead atoms. The number of carbonyl (C=O) groups is 1. The van der Waals surface area contributed by atoms with Gasteiger partial charge in [0.25, 0.3) is 0 Å². The molecule has 104 valence electrons. The van der Waals surface area contributed by atoms with E-state index >= 15 is 0 Å². The van der Waals surface area contributed by atoms with E-state index < -0.39 is 0 Å². The Bertz CT molecular complexity index is 255. The third-order valence-electron chi connectivity index (χ3n) is 4.73. The topological polar surface area (TPSA) is 41.1 Å². The second-order valence-electron chi connectivity index (χ2n) is 6.13. The van der Waals surface area contributed by atoms with Crippen molar-refractivity contribution in [3.05, 3.63) is 0 Å². The number of nitrogens with one attached hydrogen (secondary N) is 2. The SMILES string of the molecule is CC(NC(=O)CCC1CCCC1)C1CCNCC1. The fraction of sp³-hybridized carbons (Fsp3) is 0.933. The van der Waals surface area contributed by atoms with E-state index in [1.165, 1.54) is 38.5 Å². The molecule has 0 radical (unpaired) electrons. The zero-order valence-corrected chi connectivity index (χ0v) is 11.7. The molecule has 0 aromatic carbocycles. The van der Waals surface area contributed by atoms with E-state index in [-0.39, 0.29) is 5.91 Å². The standard InChI is InChI=1S/C15H28N2O/c1-12(14-8-10-16-11-9-14)17-15(18)7-6-13-4-2-3-5-13/h12-14,16H,2-11H2,1H3,(H,17,18). The highest BCUT2D eigenvalue weighted by atomic mass is 16.1. The molecule has 1 amide bonds. The van der Waals surface area contributed by atoms with Gasteiger partial charge in [-0.15, -0.1) is 0 Å². The second-order valence-corrected chi connectivity index (χ2v) is 6.13. The Kier molecular flexibility index (Phi) is 5.48. The first-order valence-corrected chi connectivity index (χ1v) is 7.76. The summed E-state index contributed by atoms with van der Waals surface area (Å²) >= 11 is 0. The molecule has 1 atom stereocenters. The zero-order valence-electron chi connectivity index (χ0n) is 11.7. The molecule has 2 aliphatic rings. The van der Waals surface area contributed by atoms with Crippen molar-refractivity contribution in [1.29, 1.82) is 0 Å². The van der Waals surface area contributed by atoms with Crippen LogP contribution in [0.5, 0.6) is 0 Å². The number of carbonyl (C=O) groups excluding carboxylic acids is 1. The Morgan fingerprint density at radius 3 is 2.56 bits per heavy atom. The van der Waals surface area contributed by atoms with Crippen molar-refractivity contribution in [3.63, 3.8) is 0 Å². The number of hydrogen-bond donors (Lipinski definition) is 2. The Morgan fingerprint density at radius 2 is 1.89 bits per heavy atom. The van der Waals surface area contributed by atoms with Gasteiger partial charge in [0, 0.05) is 12.5 Å². The van der Waals surface area contributed by atoms with Crippen LogP contribution in [0.3, 0.4) is 0 Å². The van der Waals surface area contributed by atoms with Crippen LogP contribution >= 0.6 is 0 Å². The molecule has 18 heavy (non-hydrogen) atoms. The first-order chi connectivity index (χ1) is 8.75. The summed E-state index contributed by atoms with van der Waals surface area (Å²) in [6.45, 7) is 4.38. The molecule has 2 rings (SSSR count). The van der Waals surface area contributed by atoms with E-state index in [0.29, 0.717) is 12.0 Å². The van der Waals surface area contributed by atoms with Crippen molar-refractivity contribution < 1.29 is 4.79 Å². The lowest BCUT2D eigenvalue weighted by molar-refractivity contribution is -0.122. The fourth-order valence-corrected chi connectivity index (χ4v) is 3.42. The third-order valence-corrected chi connectivity index (χ3v) is 4.73. The predicted molar refractivity (Wildman–Crippen MR) is 74.4 cm³/mol. The van der Waals surface area contributed by atoms with Crippen LogP contribution in [0, 0.1) is 11.8 Å². The van der Waals surface area contributed by atoms with Gasteiger partial charge < -0.3 is 10.6 Å². The summed E-state index contributed by atoms with van der Waals surface area (Å²) < 4.78 is 0. The Labute approximate surface area is 111 Å². The molecule has 0 aromatic heterocycles. The van der Waals surface area contributed by atoms with E-state index in [0.717, 1.165) is 31.8 Å². The van der Waals surface area contributed by atoms with Crippen molar-refractivity contribution in [1.82, 2.24) is 10.6 Å². The maximum Gasteiger partial charge on any atom is 0.220 e. The van der Waals surface area contributed by atoms with Crippen LogP contribution in [0.1, 0.15) is 58.3 Å². The van der Waals surface area contributed by atoms with E-state index in [4.69, 9.17) is 0 Å². The van der Waals surface area contributed by atoms with Crippen molar-refractivity contribution in [2.45, 2.75) is 64.3 Å². The summed E-state index contributed by atoms with van der Waals surface area (Å²) in [5, 5.41) is 6.58. The molecule has 1 heterocycles. The average molecular weight is 252 g/mol. The summed E-state index contributed by atoms with van der Waals surface area (Å²) in [6.07, 6.45) is 9.67. The van der Waals surface area contributed by atoms with Gasteiger partial charge in [-0.3, -0.25) is 4.79 Å². The number of hydrogen-bond acceptors (Lipinski definition) is 2. The Balaban J connectivity index is 1.62. The van der Waals surface area contributed by atoms with E-state index in [2.05, 4.69) is 17.6 Å². The van der Waals surface area contributed by atoms with Gasteiger partial charge in [0.15, 0.2) is 0 Å². The first-order valence-electron chi connectivity index (χ1n) is 7.76. The van der Waals surface area contributed by atoms with Gasteiger partial charge in [-0.05, 0) is 51.1 Å². The highest BCUT2D eigenvalue weighted by molar-refractivity contribution is 5.76. The highest BCUT2D eigenvalue weighted by Gasteiger charge is 2.22. The highest BCUT2D eigenvalue weighted by Crippen LogP contribution is 2.28. The lowest BCUT2D eigenvalue weighted by Crippen LogP contribution is -2.42. The molecular formula is C15H28N2O. The van der Waals surface area contributed by atoms with Crippen LogP contribution in [-0.4, -0.2) is 25.0 Å². The molecule has 0 spiro atoms. The zero-order chi connectivity index (χ0) is 12.8. The number of amides is 1. The lowest BCUT2D eigenvalue weighted by Gasteiger charge is -2.29. The lowest BCUT2D eigenvalue weighted by atomic mass is 9.91. The van der Waals surface area contributed by atoms with Gasteiger partial charge in [0.05, 0.1) is 0 Å². The summed E-state index contributed by atoms with van der Waals surface area (Å²) in [5.41, 5.74) is 0.